The number of hydrogen-bond acceptors (Lipinski definition) is 7. The molecule has 0 radical (unpaired) electrons. The first-order valence-corrected chi connectivity index (χ1v) is 11.7. The van der Waals surface area contributed by atoms with Crippen LogP contribution in [0.25, 0.3) is 10.9 Å². The zero-order valence-electron chi connectivity index (χ0n) is 18.4. The van der Waals surface area contributed by atoms with Crippen molar-refractivity contribution in [1.29, 1.82) is 0 Å². The third kappa shape index (κ3) is 5.79. The number of carbonyl (C=O) groups is 1. The Hall–Kier alpha value is -3.07. The lowest BCUT2D eigenvalue weighted by molar-refractivity contribution is 0.0428. The molecule has 0 amide bonds. The summed E-state index contributed by atoms with van der Waals surface area (Å²) in [6.45, 7) is 6.41. The van der Waals surface area contributed by atoms with Gasteiger partial charge in [-0.05, 0) is 54.8 Å². The summed E-state index contributed by atoms with van der Waals surface area (Å²) in [4.78, 5) is 25.1. The molecule has 0 saturated carbocycles. The lowest BCUT2D eigenvalue weighted by Gasteiger charge is -2.14. The molecule has 2 unspecified atom stereocenters. The Labute approximate surface area is 189 Å². The number of carbonyl (C=O) groups excluding carboxylic acids is 1. The molecule has 9 heteroatoms. The summed E-state index contributed by atoms with van der Waals surface area (Å²) < 4.78 is 24.1. The van der Waals surface area contributed by atoms with Crippen molar-refractivity contribution in [1.82, 2.24) is 14.4 Å². The zero-order chi connectivity index (χ0) is 23.1. The number of aryl methyl sites for hydroxylation is 1. The summed E-state index contributed by atoms with van der Waals surface area (Å²) in [6, 6.07) is 11.3. The first-order valence-electron chi connectivity index (χ1n) is 10.7. The molecule has 170 valence electrons. The van der Waals surface area contributed by atoms with E-state index < -0.39 is 22.8 Å². The van der Waals surface area contributed by atoms with E-state index in [0.29, 0.717) is 27.5 Å². The maximum atomic E-state index is 12.7. The Kier molecular flexibility index (Phi) is 8.10. The van der Waals surface area contributed by atoms with Crippen molar-refractivity contribution >= 4 is 28.1 Å². The minimum Gasteiger partial charge on any atom is -0.462 e. The van der Waals surface area contributed by atoms with Crippen LogP contribution in [0.2, 0.25) is 0 Å². The molecule has 2 aromatic carbocycles. The second-order valence-corrected chi connectivity index (χ2v) is 8.58. The lowest BCUT2D eigenvalue weighted by Crippen LogP contribution is -2.29. The van der Waals surface area contributed by atoms with E-state index in [-0.39, 0.29) is 11.3 Å². The minimum atomic E-state index is -2.27. The van der Waals surface area contributed by atoms with Crippen molar-refractivity contribution in [2.45, 2.75) is 46.5 Å². The van der Waals surface area contributed by atoms with E-state index in [0.717, 1.165) is 31.2 Å². The van der Waals surface area contributed by atoms with Crippen molar-refractivity contribution in [3.8, 4) is 5.75 Å². The van der Waals surface area contributed by atoms with Gasteiger partial charge in [-0.25, -0.2) is 4.79 Å². The van der Waals surface area contributed by atoms with E-state index in [2.05, 4.69) is 24.2 Å². The third-order valence-electron chi connectivity index (χ3n) is 5.16. The van der Waals surface area contributed by atoms with E-state index in [9.17, 15) is 13.8 Å². The van der Waals surface area contributed by atoms with Crippen molar-refractivity contribution in [3.05, 3.63) is 63.9 Å². The van der Waals surface area contributed by atoms with Gasteiger partial charge in [0.2, 0.25) is 0 Å². The Morgan fingerprint density at radius 2 is 2.00 bits per heavy atom. The Morgan fingerprint density at radius 3 is 2.75 bits per heavy atom. The van der Waals surface area contributed by atoms with Gasteiger partial charge in [0.05, 0.1) is 17.6 Å². The standard InChI is InChI=1S/C23H27N3O5S/c1-4-6-8-17(5-2)15-30-23(28)18-9-7-10-19(14-18)31-32(29)26-22(27)20-13-16(3)11-12-21(20)24-25-26/h7,9-14,17H,4-6,8,15H2,1-3H3. The summed E-state index contributed by atoms with van der Waals surface area (Å²) in [5.41, 5.74) is 0.970. The van der Waals surface area contributed by atoms with Crippen LogP contribution in [0.15, 0.2) is 47.3 Å². The summed E-state index contributed by atoms with van der Waals surface area (Å²) in [5, 5.41) is 7.93. The summed E-state index contributed by atoms with van der Waals surface area (Å²) in [5.74, 6) is -0.00371. The van der Waals surface area contributed by atoms with Crippen LogP contribution in [0.3, 0.4) is 0 Å². The zero-order valence-corrected chi connectivity index (χ0v) is 19.3. The van der Waals surface area contributed by atoms with Crippen LogP contribution in [-0.4, -0.2) is 31.2 Å². The minimum absolute atomic E-state index is 0.147. The number of hydrogen-bond donors (Lipinski definition) is 0. The average molecular weight is 458 g/mol. The van der Waals surface area contributed by atoms with Crippen LogP contribution < -0.4 is 9.74 Å². The van der Waals surface area contributed by atoms with E-state index in [4.69, 9.17) is 8.92 Å². The Balaban J connectivity index is 1.71. The maximum absolute atomic E-state index is 12.7. The van der Waals surface area contributed by atoms with Gasteiger partial charge in [-0.3, -0.25) is 4.79 Å². The van der Waals surface area contributed by atoms with E-state index >= 15 is 0 Å². The fourth-order valence-corrected chi connectivity index (χ4v) is 3.87. The van der Waals surface area contributed by atoms with Crippen LogP contribution in [0.4, 0.5) is 0 Å². The third-order valence-corrected chi connectivity index (χ3v) is 6.02. The molecule has 32 heavy (non-hydrogen) atoms. The molecule has 3 aromatic rings. The topological polar surface area (TPSA) is 100 Å². The van der Waals surface area contributed by atoms with E-state index in [1.807, 2.05) is 13.0 Å². The van der Waals surface area contributed by atoms with Gasteiger partial charge >= 0.3 is 17.2 Å². The first-order chi connectivity index (χ1) is 15.4. The van der Waals surface area contributed by atoms with Crippen molar-refractivity contribution in [3.63, 3.8) is 0 Å². The smallest absolute Gasteiger partial charge is 0.344 e. The predicted octanol–water partition coefficient (Wildman–Crippen LogP) is 3.98. The van der Waals surface area contributed by atoms with E-state index in [1.165, 1.54) is 12.1 Å². The lowest BCUT2D eigenvalue weighted by atomic mass is 10.0. The van der Waals surface area contributed by atoms with Crippen molar-refractivity contribution < 1.29 is 17.9 Å². The molecule has 3 rings (SSSR count). The quantitative estimate of drug-likeness (QED) is 0.425. The van der Waals surface area contributed by atoms with Gasteiger partial charge in [0.15, 0.2) is 0 Å². The fourth-order valence-electron chi connectivity index (χ4n) is 3.21. The molecule has 0 N–H and O–H groups in total. The average Bonchev–Trinajstić information content (AvgIpc) is 2.79. The summed E-state index contributed by atoms with van der Waals surface area (Å²) in [6.07, 6.45) is 4.16. The number of fused-ring (bicyclic) bond motifs is 1. The van der Waals surface area contributed by atoms with Crippen LogP contribution in [0.5, 0.6) is 5.75 Å². The highest BCUT2D eigenvalue weighted by Gasteiger charge is 2.16. The molecule has 0 aliphatic heterocycles. The van der Waals surface area contributed by atoms with Crippen molar-refractivity contribution in [2.75, 3.05) is 6.61 Å². The molecule has 0 fully saturated rings. The largest absolute Gasteiger partial charge is 0.462 e. The number of rotatable bonds is 10. The molecule has 8 nitrogen and oxygen atoms in total. The van der Waals surface area contributed by atoms with Gasteiger partial charge < -0.3 is 8.92 Å². The highest BCUT2D eigenvalue weighted by atomic mass is 32.2. The second kappa shape index (κ2) is 11.0. The number of aromatic nitrogens is 3. The number of ether oxygens (including phenoxy) is 1. The maximum Gasteiger partial charge on any atom is 0.344 e. The van der Waals surface area contributed by atoms with Crippen molar-refractivity contribution in [2.24, 2.45) is 5.92 Å². The second-order valence-electron chi connectivity index (χ2n) is 7.63. The molecule has 0 spiro atoms. The van der Waals surface area contributed by atoms with Crippen LogP contribution in [-0.2, 0) is 16.0 Å². The molecule has 1 aromatic heterocycles. The SMILES string of the molecule is CCCCC(CC)COC(=O)c1cccc(OS(=O)n2nnc3ccc(C)cc3c2=O)c1. The molecular weight excluding hydrogens is 430 g/mol. The Bertz CT molecular complexity index is 1180. The summed E-state index contributed by atoms with van der Waals surface area (Å²) >= 11 is -2.27. The van der Waals surface area contributed by atoms with E-state index in [1.54, 1.807) is 24.3 Å². The highest BCUT2D eigenvalue weighted by molar-refractivity contribution is 7.78. The fraction of sp³-hybridized carbons (Fsp3) is 0.391. The molecule has 1 heterocycles. The molecule has 2 atom stereocenters. The van der Waals surface area contributed by atoms with Gasteiger partial charge in [-0.2, -0.15) is 4.21 Å². The monoisotopic (exact) mass is 457 g/mol. The normalized spacial score (nSPS) is 13.0. The van der Waals surface area contributed by atoms with Gasteiger partial charge in [0, 0.05) is 0 Å². The number of benzene rings is 2. The number of nitrogens with zero attached hydrogens (tertiary/aromatic N) is 3. The van der Waals surface area contributed by atoms with Crippen LogP contribution in [0.1, 0.15) is 55.5 Å². The molecule has 0 aliphatic rings. The van der Waals surface area contributed by atoms with Gasteiger partial charge in [0.25, 0.3) is 5.56 Å². The van der Waals surface area contributed by atoms with Gasteiger partial charge in [0.1, 0.15) is 11.3 Å². The summed E-state index contributed by atoms with van der Waals surface area (Å²) in [7, 11) is 0. The molecule has 0 bridgehead atoms. The van der Waals surface area contributed by atoms with Crippen LogP contribution >= 0.6 is 0 Å². The van der Waals surface area contributed by atoms with Crippen LogP contribution in [0, 0.1) is 12.8 Å². The Morgan fingerprint density at radius 1 is 1.19 bits per heavy atom. The molecular formula is C23H27N3O5S. The highest BCUT2D eigenvalue weighted by Crippen LogP contribution is 2.18. The first kappa shape index (κ1) is 23.6. The number of esters is 1. The van der Waals surface area contributed by atoms with Gasteiger partial charge in [-0.1, -0.05) is 54.9 Å². The van der Waals surface area contributed by atoms with Gasteiger partial charge in [-0.15, -0.1) is 5.10 Å². The molecule has 0 aliphatic carbocycles. The number of unbranched alkanes of at least 4 members (excludes halogenated alkanes) is 1. The predicted molar refractivity (Wildman–Crippen MR) is 123 cm³/mol. The molecule has 0 saturated heterocycles.